The van der Waals surface area contributed by atoms with Gasteiger partial charge in [-0.25, -0.2) is 8.42 Å². The summed E-state index contributed by atoms with van der Waals surface area (Å²) in [6.07, 6.45) is 0.664. The number of hydrogen-bond acceptors (Lipinski definition) is 5. The number of sulfonamides is 1. The number of ether oxygens (including phenoxy) is 2. The SMILES string of the molecule is CCC(NC(=O)CN(c1ccc(OC)c(OC)c1)S(=O)(=O)c1ccccc1)c1ccc(C)cc1C. The molecule has 1 unspecified atom stereocenters. The molecule has 0 saturated heterocycles. The highest BCUT2D eigenvalue weighted by Gasteiger charge is 2.29. The molecule has 0 aromatic heterocycles. The highest BCUT2D eigenvalue weighted by molar-refractivity contribution is 7.92. The van der Waals surface area contributed by atoms with Gasteiger partial charge in [0.25, 0.3) is 10.0 Å². The van der Waals surface area contributed by atoms with Gasteiger partial charge in [0, 0.05) is 6.07 Å². The number of nitrogens with one attached hydrogen (secondary N) is 1. The number of nitrogens with zero attached hydrogens (tertiary/aromatic N) is 1. The Bertz CT molecular complexity index is 1280. The summed E-state index contributed by atoms with van der Waals surface area (Å²) in [6, 6.07) is 18.6. The predicted molar refractivity (Wildman–Crippen MR) is 138 cm³/mol. The number of hydrogen-bond donors (Lipinski definition) is 1. The second kappa shape index (κ2) is 11.3. The van der Waals surface area contributed by atoms with Crippen LogP contribution in [0.1, 0.15) is 36.1 Å². The van der Waals surface area contributed by atoms with E-state index in [2.05, 4.69) is 11.4 Å². The van der Waals surface area contributed by atoms with Gasteiger partial charge < -0.3 is 14.8 Å². The highest BCUT2D eigenvalue weighted by Crippen LogP contribution is 2.34. The van der Waals surface area contributed by atoms with Crippen LogP contribution in [0, 0.1) is 13.8 Å². The highest BCUT2D eigenvalue weighted by atomic mass is 32.2. The monoisotopic (exact) mass is 496 g/mol. The van der Waals surface area contributed by atoms with Gasteiger partial charge >= 0.3 is 0 Å². The van der Waals surface area contributed by atoms with Gasteiger partial charge in [-0.05, 0) is 55.7 Å². The van der Waals surface area contributed by atoms with Crippen molar-refractivity contribution in [3.05, 3.63) is 83.4 Å². The fourth-order valence-corrected chi connectivity index (χ4v) is 5.44. The lowest BCUT2D eigenvalue weighted by Crippen LogP contribution is -2.42. The van der Waals surface area contributed by atoms with Gasteiger partial charge in [-0.15, -0.1) is 0 Å². The first kappa shape index (κ1) is 26.1. The molecule has 0 aliphatic heterocycles. The molecule has 0 bridgehead atoms. The molecule has 1 atom stereocenters. The summed E-state index contributed by atoms with van der Waals surface area (Å²) >= 11 is 0. The quantitative estimate of drug-likeness (QED) is 0.437. The van der Waals surface area contributed by atoms with E-state index in [1.54, 1.807) is 36.4 Å². The fraction of sp³-hybridized carbons (Fsp3) is 0.296. The second-order valence-electron chi connectivity index (χ2n) is 8.25. The summed E-state index contributed by atoms with van der Waals surface area (Å²) in [4.78, 5) is 13.3. The molecule has 0 heterocycles. The maximum Gasteiger partial charge on any atom is 0.264 e. The van der Waals surface area contributed by atoms with Crippen LogP contribution in [0.4, 0.5) is 5.69 Å². The van der Waals surface area contributed by atoms with Gasteiger partial charge in [-0.2, -0.15) is 0 Å². The number of carbonyl (C=O) groups is 1. The molecular formula is C27H32N2O5S. The largest absolute Gasteiger partial charge is 0.493 e. The minimum Gasteiger partial charge on any atom is -0.493 e. The van der Waals surface area contributed by atoms with E-state index in [0.717, 1.165) is 21.0 Å². The van der Waals surface area contributed by atoms with E-state index in [-0.39, 0.29) is 10.9 Å². The molecular weight excluding hydrogens is 464 g/mol. The van der Waals surface area contributed by atoms with Gasteiger partial charge in [-0.1, -0.05) is 48.9 Å². The normalized spacial score (nSPS) is 12.0. The molecule has 0 saturated carbocycles. The zero-order valence-electron chi connectivity index (χ0n) is 20.7. The number of rotatable bonds is 10. The van der Waals surface area contributed by atoms with E-state index in [4.69, 9.17) is 9.47 Å². The standard InChI is InChI=1S/C27H32N2O5S/c1-6-24(23-14-12-19(2)16-20(23)3)28-27(30)18-29(35(31,32)22-10-8-7-9-11-22)21-13-15-25(33-4)26(17-21)34-5/h7-17,24H,6,18H2,1-5H3,(H,28,30). The molecule has 3 rings (SSSR count). The molecule has 0 fully saturated rings. The van der Waals surface area contributed by atoms with Gasteiger partial charge in [-0.3, -0.25) is 9.10 Å². The number of benzene rings is 3. The predicted octanol–water partition coefficient (Wildman–Crippen LogP) is 4.78. The Morgan fingerprint density at radius 3 is 2.23 bits per heavy atom. The number of carbonyl (C=O) groups excluding carboxylic acids is 1. The van der Waals surface area contributed by atoms with E-state index in [9.17, 15) is 13.2 Å². The summed E-state index contributed by atoms with van der Waals surface area (Å²) in [7, 11) is -1.06. The Labute approximate surface area is 207 Å². The first-order valence-corrected chi connectivity index (χ1v) is 12.8. The van der Waals surface area contributed by atoms with Crippen LogP contribution in [0.3, 0.4) is 0 Å². The number of anilines is 1. The van der Waals surface area contributed by atoms with Crippen molar-refractivity contribution in [2.24, 2.45) is 0 Å². The van der Waals surface area contributed by atoms with Crippen molar-refractivity contribution in [2.75, 3.05) is 25.1 Å². The first-order chi connectivity index (χ1) is 16.7. The van der Waals surface area contributed by atoms with Crippen LogP contribution < -0.4 is 19.1 Å². The molecule has 0 aliphatic rings. The fourth-order valence-electron chi connectivity index (χ4n) is 4.00. The Morgan fingerprint density at radius 2 is 1.63 bits per heavy atom. The van der Waals surface area contributed by atoms with Gasteiger partial charge in [0.2, 0.25) is 5.91 Å². The maximum atomic E-state index is 13.6. The minimum atomic E-state index is -4.04. The van der Waals surface area contributed by atoms with E-state index in [1.807, 2.05) is 32.9 Å². The van der Waals surface area contributed by atoms with E-state index in [0.29, 0.717) is 23.6 Å². The number of amides is 1. The molecule has 8 heteroatoms. The molecule has 0 aliphatic carbocycles. The average Bonchev–Trinajstić information content (AvgIpc) is 2.86. The third-order valence-corrected chi connectivity index (χ3v) is 7.61. The van der Waals surface area contributed by atoms with E-state index < -0.39 is 22.5 Å². The second-order valence-corrected chi connectivity index (χ2v) is 10.1. The molecule has 1 amide bonds. The minimum absolute atomic E-state index is 0.0870. The maximum absolute atomic E-state index is 13.6. The van der Waals surface area contributed by atoms with Crippen LogP contribution in [-0.2, 0) is 14.8 Å². The van der Waals surface area contributed by atoms with Gasteiger partial charge in [0.1, 0.15) is 6.54 Å². The van der Waals surface area contributed by atoms with Crippen LogP contribution >= 0.6 is 0 Å². The molecule has 7 nitrogen and oxygen atoms in total. The van der Waals surface area contributed by atoms with Crippen LogP contribution in [0.5, 0.6) is 11.5 Å². The van der Waals surface area contributed by atoms with Crippen molar-refractivity contribution in [1.82, 2.24) is 5.32 Å². The molecule has 3 aromatic rings. The molecule has 0 radical (unpaired) electrons. The van der Waals surface area contributed by atoms with Crippen molar-refractivity contribution in [3.63, 3.8) is 0 Å². The lowest BCUT2D eigenvalue weighted by molar-refractivity contribution is -0.120. The molecule has 0 spiro atoms. The summed E-state index contributed by atoms with van der Waals surface area (Å²) in [5, 5.41) is 3.02. The topological polar surface area (TPSA) is 84.9 Å². The Balaban J connectivity index is 1.97. The van der Waals surface area contributed by atoms with Crippen LogP contribution in [0.15, 0.2) is 71.6 Å². The molecule has 35 heavy (non-hydrogen) atoms. The van der Waals surface area contributed by atoms with Gasteiger partial charge in [0.05, 0.1) is 30.8 Å². The lowest BCUT2D eigenvalue weighted by Gasteiger charge is -2.26. The number of methoxy groups -OCH3 is 2. The van der Waals surface area contributed by atoms with Crippen LogP contribution in [0.2, 0.25) is 0 Å². The Kier molecular flexibility index (Phi) is 8.40. The van der Waals surface area contributed by atoms with E-state index in [1.165, 1.54) is 26.4 Å². The number of aryl methyl sites for hydroxylation is 2. The van der Waals surface area contributed by atoms with Crippen molar-refractivity contribution in [3.8, 4) is 11.5 Å². The third-order valence-electron chi connectivity index (χ3n) is 5.82. The summed E-state index contributed by atoms with van der Waals surface area (Å²) < 4.78 is 39.0. The van der Waals surface area contributed by atoms with Crippen molar-refractivity contribution >= 4 is 21.6 Å². The van der Waals surface area contributed by atoms with Crippen molar-refractivity contribution in [2.45, 2.75) is 38.1 Å². The third kappa shape index (κ3) is 5.95. The lowest BCUT2D eigenvalue weighted by atomic mass is 9.97. The van der Waals surface area contributed by atoms with E-state index >= 15 is 0 Å². The van der Waals surface area contributed by atoms with Crippen LogP contribution in [0.25, 0.3) is 0 Å². The zero-order valence-corrected chi connectivity index (χ0v) is 21.6. The smallest absolute Gasteiger partial charge is 0.264 e. The first-order valence-electron chi connectivity index (χ1n) is 11.4. The van der Waals surface area contributed by atoms with Gasteiger partial charge in [0.15, 0.2) is 11.5 Å². The Morgan fingerprint density at radius 1 is 0.943 bits per heavy atom. The zero-order chi connectivity index (χ0) is 25.6. The summed E-state index contributed by atoms with van der Waals surface area (Å²) in [6.45, 7) is 5.61. The molecule has 186 valence electrons. The Hall–Kier alpha value is -3.52. The van der Waals surface area contributed by atoms with Crippen molar-refractivity contribution in [1.29, 1.82) is 0 Å². The van der Waals surface area contributed by atoms with Crippen molar-refractivity contribution < 1.29 is 22.7 Å². The molecule has 1 N–H and O–H groups in total. The molecule has 3 aromatic carbocycles. The summed E-state index contributed by atoms with van der Waals surface area (Å²) in [5.74, 6) is 0.408. The average molecular weight is 497 g/mol. The summed E-state index contributed by atoms with van der Waals surface area (Å²) in [5.41, 5.74) is 3.52. The van der Waals surface area contributed by atoms with Crippen LogP contribution in [-0.4, -0.2) is 35.1 Å².